The van der Waals surface area contributed by atoms with Crippen molar-refractivity contribution >= 4 is 22.9 Å². The van der Waals surface area contributed by atoms with Gasteiger partial charge in [-0.15, -0.1) is 0 Å². The maximum atomic E-state index is 12.6. The van der Waals surface area contributed by atoms with Crippen molar-refractivity contribution in [1.29, 1.82) is 0 Å². The van der Waals surface area contributed by atoms with Crippen LogP contribution in [0.1, 0.15) is 16.8 Å². The van der Waals surface area contributed by atoms with Crippen molar-refractivity contribution in [3.63, 3.8) is 0 Å². The Bertz CT molecular complexity index is 908. The van der Waals surface area contributed by atoms with Gasteiger partial charge >= 0.3 is 0 Å². The number of para-hydroxylation sites is 2. The molecule has 0 saturated carbocycles. The summed E-state index contributed by atoms with van der Waals surface area (Å²) >= 11 is 0. The molecule has 4 rings (SSSR count). The number of imidazole rings is 1. The molecule has 3 aromatic rings. The minimum Gasteiger partial charge on any atom is -0.341 e. The van der Waals surface area contributed by atoms with Crippen LogP contribution in [0, 0.1) is 0 Å². The van der Waals surface area contributed by atoms with Crippen molar-refractivity contribution in [2.75, 3.05) is 31.1 Å². The fourth-order valence-corrected chi connectivity index (χ4v) is 3.15. The maximum absolute atomic E-state index is 12.6. The van der Waals surface area contributed by atoms with Crippen molar-refractivity contribution in [2.24, 2.45) is 0 Å². The Morgan fingerprint density at radius 2 is 1.92 bits per heavy atom. The van der Waals surface area contributed by atoms with Crippen molar-refractivity contribution in [2.45, 2.75) is 6.42 Å². The molecule has 7 heteroatoms. The summed E-state index contributed by atoms with van der Waals surface area (Å²) in [6.07, 6.45) is 2.35. The lowest BCUT2D eigenvalue weighted by molar-refractivity contribution is 0.0766. The number of aromatic nitrogens is 3. The second kappa shape index (κ2) is 6.43. The van der Waals surface area contributed by atoms with E-state index in [0.717, 1.165) is 36.5 Å². The second-order valence-corrected chi connectivity index (χ2v) is 6.15. The first-order valence-electron chi connectivity index (χ1n) is 8.38. The van der Waals surface area contributed by atoms with Crippen LogP contribution < -0.4 is 10.5 Å². The highest BCUT2D eigenvalue weighted by Gasteiger charge is 2.21. The summed E-state index contributed by atoms with van der Waals surface area (Å²) in [6.45, 7) is 2.87. The van der Waals surface area contributed by atoms with Crippen LogP contribution in [0.5, 0.6) is 0 Å². The molecule has 2 N–H and O–H groups in total. The molecule has 0 radical (unpaired) electrons. The predicted octanol–water partition coefficient (Wildman–Crippen LogP) is 1.60. The van der Waals surface area contributed by atoms with Gasteiger partial charge in [-0.1, -0.05) is 12.1 Å². The molecule has 0 spiro atoms. The number of fused-ring (bicyclic) bond motifs is 1. The van der Waals surface area contributed by atoms with Gasteiger partial charge in [0.2, 0.25) is 11.5 Å². The number of carbonyl (C=O) groups excluding carboxylic acids is 1. The highest BCUT2D eigenvalue weighted by Crippen LogP contribution is 2.18. The summed E-state index contributed by atoms with van der Waals surface area (Å²) in [5.41, 5.74) is 2.27. The number of nitrogens with zero attached hydrogens (tertiary/aromatic N) is 3. The number of rotatable bonds is 2. The topological polar surface area (TPSA) is 85.1 Å². The lowest BCUT2D eigenvalue weighted by atomic mass is 10.2. The molecular weight excluding hydrogens is 318 g/mol. The summed E-state index contributed by atoms with van der Waals surface area (Å²) in [7, 11) is 0. The zero-order valence-electron chi connectivity index (χ0n) is 13.7. The van der Waals surface area contributed by atoms with Gasteiger partial charge in [-0.2, -0.15) is 0 Å². The highest BCUT2D eigenvalue weighted by molar-refractivity contribution is 5.93. The van der Waals surface area contributed by atoms with Gasteiger partial charge < -0.3 is 19.8 Å². The average Bonchev–Trinajstić information content (AvgIpc) is 2.91. The number of aromatic amines is 2. The van der Waals surface area contributed by atoms with Crippen LogP contribution in [0.15, 0.2) is 47.4 Å². The lowest BCUT2D eigenvalue weighted by Crippen LogP contribution is -2.35. The van der Waals surface area contributed by atoms with Gasteiger partial charge in [0.05, 0.1) is 16.6 Å². The monoisotopic (exact) mass is 337 g/mol. The van der Waals surface area contributed by atoms with E-state index in [0.29, 0.717) is 18.7 Å². The molecule has 7 nitrogen and oxygen atoms in total. The SMILES string of the molecule is O=C(c1ccc(=O)[nH]c1)N1CCCN(c2nc3ccccc3[nH]2)CC1. The first kappa shape index (κ1) is 15.4. The van der Waals surface area contributed by atoms with Gasteiger partial charge in [0.1, 0.15) is 0 Å². The Labute approximate surface area is 144 Å². The molecule has 0 unspecified atom stereocenters. The van der Waals surface area contributed by atoms with Crippen LogP contribution in [0.25, 0.3) is 11.0 Å². The lowest BCUT2D eigenvalue weighted by Gasteiger charge is -2.21. The number of anilines is 1. The number of hydrogen-bond acceptors (Lipinski definition) is 4. The average molecular weight is 337 g/mol. The van der Waals surface area contributed by atoms with Gasteiger partial charge in [-0.25, -0.2) is 4.98 Å². The largest absolute Gasteiger partial charge is 0.341 e. The Hall–Kier alpha value is -3.09. The number of H-pyrrole nitrogens is 2. The highest BCUT2D eigenvalue weighted by atomic mass is 16.2. The first-order valence-corrected chi connectivity index (χ1v) is 8.38. The third-order valence-corrected chi connectivity index (χ3v) is 4.49. The third-order valence-electron chi connectivity index (χ3n) is 4.49. The van der Waals surface area contributed by atoms with E-state index in [-0.39, 0.29) is 11.5 Å². The van der Waals surface area contributed by atoms with E-state index in [4.69, 9.17) is 0 Å². The van der Waals surface area contributed by atoms with Crippen molar-refractivity contribution in [3.05, 3.63) is 58.5 Å². The van der Waals surface area contributed by atoms with E-state index in [2.05, 4.69) is 19.9 Å². The van der Waals surface area contributed by atoms with E-state index < -0.39 is 0 Å². The Morgan fingerprint density at radius 1 is 1.04 bits per heavy atom. The van der Waals surface area contributed by atoms with Crippen LogP contribution >= 0.6 is 0 Å². The number of carbonyl (C=O) groups is 1. The molecule has 1 saturated heterocycles. The van der Waals surface area contributed by atoms with Crippen molar-refractivity contribution in [3.8, 4) is 0 Å². The second-order valence-electron chi connectivity index (χ2n) is 6.15. The molecule has 3 heterocycles. The van der Waals surface area contributed by atoms with Gasteiger partial charge in [-0.05, 0) is 24.6 Å². The van der Waals surface area contributed by atoms with Crippen LogP contribution in [0.2, 0.25) is 0 Å². The van der Waals surface area contributed by atoms with Crippen molar-refractivity contribution in [1.82, 2.24) is 19.9 Å². The van der Waals surface area contributed by atoms with Crippen molar-refractivity contribution < 1.29 is 4.79 Å². The van der Waals surface area contributed by atoms with E-state index in [1.54, 1.807) is 6.07 Å². The summed E-state index contributed by atoms with van der Waals surface area (Å²) in [6, 6.07) is 10.9. The Balaban J connectivity index is 1.49. The molecular formula is C18H19N5O2. The molecule has 25 heavy (non-hydrogen) atoms. The van der Waals surface area contributed by atoms with Crippen LogP contribution in [0.4, 0.5) is 5.95 Å². The molecule has 1 aliphatic heterocycles. The maximum Gasteiger partial charge on any atom is 0.255 e. The quantitative estimate of drug-likeness (QED) is 0.744. The first-order chi connectivity index (χ1) is 12.2. The smallest absolute Gasteiger partial charge is 0.255 e. The number of amides is 1. The number of hydrogen-bond donors (Lipinski definition) is 2. The van der Waals surface area contributed by atoms with E-state index >= 15 is 0 Å². The molecule has 128 valence electrons. The minimum atomic E-state index is -0.205. The zero-order valence-corrected chi connectivity index (χ0v) is 13.7. The van der Waals surface area contributed by atoms with Crippen LogP contribution in [0.3, 0.4) is 0 Å². The van der Waals surface area contributed by atoms with Gasteiger partial charge in [0.15, 0.2) is 0 Å². The number of pyridine rings is 1. The molecule has 2 aromatic heterocycles. The Morgan fingerprint density at radius 3 is 2.72 bits per heavy atom. The third kappa shape index (κ3) is 3.13. The summed E-state index contributed by atoms with van der Waals surface area (Å²) in [5.74, 6) is 0.794. The van der Waals surface area contributed by atoms with Gasteiger partial charge in [-0.3, -0.25) is 9.59 Å². The molecule has 1 aliphatic rings. The van der Waals surface area contributed by atoms with E-state index in [9.17, 15) is 9.59 Å². The molecule has 1 fully saturated rings. The number of benzene rings is 1. The molecule has 0 bridgehead atoms. The molecule has 0 aliphatic carbocycles. The number of nitrogens with one attached hydrogen (secondary N) is 2. The zero-order chi connectivity index (χ0) is 17.2. The summed E-state index contributed by atoms with van der Waals surface area (Å²) in [4.78, 5) is 38.3. The minimum absolute atomic E-state index is 0.0530. The normalized spacial score (nSPS) is 15.4. The molecule has 0 atom stereocenters. The summed E-state index contributed by atoms with van der Waals surface area (Å²) in [5, 5.41) is 0. The molecule has 1 aromatic carbocycles. The van der Waals surface area contributed by atoms with Gasteiger partial charge in [0.25, 0.3) is 5.91 Å². The predicted molar refractivity (Wildman–Crippen MR) is 95.9 cm³/mol. The fraction of sp³-hybridized carbons (Fsp3) is 0.278. The summed E-state index contributed by atoms with van der Waals surface area (Å²) < 4.78 is 0. The Kier molecular flexibility index (Phi) is 3.97. The fourth-order valence-electron chi connectivity index (χ4n) is 3.15. The standard InChI is InChI=1S/C18H19N5O2/c24-16-7-6-13(12-19-16)17(25)22-8-3-9-23(11-10-22)18-20-14-4-1-2-5-15(14)21-18/h1-2,4-7,12H,3,8-11H2,(H,19,24)(H,20,21). The van der Waals surface area contributed by atoms with Crippen LogP contribution in [-0.4, -0.2) is 51.9 Å². The van der Waals surface area contributed by atoms with E-state index in [1.807, 2.05) is 29.2 Å². The van der Waals surface area contributed by atoms with E-state index in [1.165, 1.54) is 12.3 Å². The van der Waals surface area contributed by atoms with Gasteiger partial charge in [0, 0.05) is 38.4 Å². The van der Waals surface area contributed by atoms with Crippen LogP contribution in [-0.2, 0) is 0 Å². The molecule has 1 amide bonds.